The van der Waals surface area contributed by atoms with Crippen LogP contribution in [0.3, 0.4) is 0 Å². The lowest BCUT2D eigenvalue weighted by atomic mass is 10.1. The number of aryl methyl sites for hydroxylation is 1. The molecule has 0 saturated heterocycles. The van der Waals surface area contributed by atoms with Gasteiger partial charge in [-0.1, -0.05) is 0 Å². The number of methoxy groups -OCH3 is 1. The first-order valence-electron chi connectivity index (χ1n) is 5.87. The highest BCUT2D eigenvalue weighted by molar-refractivity contribution is 7.11. The van der Waals surface area contributed by atoms with Gasteiger partial charge in [0, 0.05) is 21.5 Å². The number of nitrogen functional groups attached to an aromatic ring is 1. The number of hydrogen-bond acceptors (Lipinski definition) is 4. The summed E-state index contributed by atoms with van der Waals surface area (Å²) in [6, 6.07) is 9.08. The number of carbonyl (C=O) groups is 1. The molecule has 3 N–H and O–H groups in total. The molecule has 2 aromatic rings. The van der Waals surface area contributed by atoms with Gasteiger partial charge in [-0.25, -0.2) is 0 Å². The van der Waals surface area contributed by atoms with Crippen molar-refractivity contribution in [1.82, 2.24) is 5.32 Å². The van der Waals surface area contributed by atoms with E-state index in [0.29, 0.717) is 23.5 Å². The molecule has 0 radical (unpaired) electrons. The molecule has 0 spiro atoms. The molecule has 0 aliphatic carbocycles. The molecule has 1 aromatic carbocycles. The summed E-state index contributed by atoms with van der Waals surface area (Å²) < 4.78 is 5.05. The largest absolute Gasteiger partial charge is 0.497 e. The van der Waals surface area contributed by atoms with Crippen LogP contribution in [-0.4, -0.2) is 13.0 Å². The van der Waals surface area contributed by atoms with Crippen molar-refractivity contribution < 1.29 is 9.53 Å². The van der Waals surface area contributed by atoms with E-state index in [9.17, 15) is 4.79 Å². The standard InChI is InChI=1S/C14H16N2O2S/c1-9-3-5-11(19-9)8-16-14(17)12-6-4-10(18-2)7-13(12)15/h3-7H,8,15H2,1-2H3,(H,16,17). The number of carbonyl (C=O) groups excluding carboxylic acids is 1. The van der Waals surface area contributed by atoms with Crippen LogP contribution in [0.5, 0.6) is 5.75 Å². The van der Waals surface area contributed by atoms with E-state index in [2.05, 4.69) is 5.32 Å². The average Bonchev–Trinajstić information content (AvgIpc) is 2.81. The number of benzene rings is 1. The van der Waals surface area contributed by atoms with Crippen LogP contribution in [0.4, 0.5) is 5.69 Å². The summed E-state index contributed by atoms with van der Waals surface area (Å²) in [4.78, 5) is 14.4. The number of anilines is 1. The SMILES string of the molecule is COc1ccc(C(=O)NCc2ccc(C)s2)c(N)c1. The number of ether oxygens (including phenoxy) is 1. The predicted molar refractivity (Wildman–Crippen MR) is 77.6 cm³/mol. The van der Waals surface area contributed by atoms with E-state index >= 15 is 0 Å². The average molecular weight is 276 g/mol. The molecule has 0 atom stereocenters. The first-order chi connectivity index (χ1) is 9.10. The van der Waals surface area contributed by atoms with Gasteiger partial charge in [0.25, 0.3) is 5.91 Å². The Labute approximate surface area is 116 Å². The zero-order valence-corrected chi connectivity index (χ0v) is 11.7. The van der Waals surface area contributed by atoms with Crippen LogP contribution < -0.4 is 15.8 Å². The highest BCUT2D eigenvalue weighted by Crippen LogP contribution is 2.20. The van der Waals surface area contributed by atoms with Gasteiger partial charge in [0.15, 0.2) is 0 Å². The highest BCUT2D eigenvalue weighted by Gasteiger charge is 2.10. The third-order valence-electron chi connectivity index (χ3n) is 2.72. The summed E-state index contributed by atoms with van der Waals surface area (Å²) in [7, 11) is 1.56. The van der Waals surface area contributed by atoms with Crippen molar-refractivity contribution in [2.45, 2.75) is 13.5 Å². The van der Waals surface area contributed by atoms with Crippen molar-refractivity contribution >= 4 is 22.9 Å². The van der Waals surface area contributed by atoms with Gasteiger partial charge >= 0.3 is 0 Å². The zero-order chi connectivity index (χ0) is 13.8. The Kier molecular flexibility index (Phi) is 4.06. The Morgan fingerprint density at radius 2 is 2.16 bits per heavy atom. The maximum atomic E-state index is 12.0. The number of nitrogens with two attached hydrogens (primary N) is 1. The summed E-state index contributed by atoms with van der Waals surface area (Å²) in [6.45, 7) is 2.56. The zero-order valence-electron chi connectivity index (χ0n) is 10.9. The fraction of sp³-hybridized carbons (Fsp3) is 0.214. The molecule has 0 aliphatic rings. The Morgan fingerprint density at radius 1 is 1.37 bits per heavy atom. The minimum atomic E-state index is -0.175. The van der Waals surface area contributed by atoms with Crippen molar-refractivity contribution in [3.05, 3.63) is 45.6 Å². The Hall–Kier alpha value is -2.01. The summed E-state index contributed by atoms with van der Waals surface area (Å²) in [5, 5.41) is 2.86. The predicted octanol–water partition coefficient (Wildman–Crippen LogP) is 2.58. The molecule has 0 bridgehead atoms. The lowest BCUT2D eigenvalue weighted by Crippen LogP contribution is -2.23. The summed E-state index contributed by atoms with van der Waals surface area (Å²) >= 11 is 1.67. The van der Waals surface area contributed by atoms with E-state index in [0.717, 1.165) is 4.88 Å². The first-order valence-corrected chi connectivity index (χ1v) is 6.69. The van der Waals surface area contributed by atoms with Crippen molar-refractivity contribution in [3.8, 4) is 5.75 Å². The van der Waals surface area contributed by atoms with E-state index < -0.39 is 0 Å². The number of rotatable bonds is 4. The molecule has 100 valence electrons. The van der Waals surface area contributed by atoms with Crippen molar-refractivity contribution in [2.24, 2.45) is 0 Å². The van der Waals surface area contributed by atoms with Gasteiger partial charge in [-0.3, -0.25) is 4.79 Å². The summed E-state index contributed by atoms with van der Waals surface area (Å²) in [6.07, 6.45) is 0. The molecule has 2 rings (SSSR count). The second-order valence-corrected chi connectivity index (χ2v) is 5.52. The van der Waals surface area contributed by atoms with Gasteiger partial charge in [-0.15, -0.1) is 11.3 Å². The van der Waals surface area contributed by atoms with Gasteiger partial charge < -0.3 is 15.8 Å². The van der Waals surface area contributed by atoms with Crippen LogP contribution in [0, 0.1) is 6.92 Å². The molecule has 1 heterocycles. The summed E-state index contributed by atoms with van der Waals surface area (Å²) in [5.41, 5.74) is 6.72. The number of nitrogens with one attached hydrogen (secondary N) is 1. The lowest BCUT2D eigenvalue weighted by Gasteiger charge is -2.08. The third-order valence-corrected chi connectivity index (χ3v) is 3.72. The Morgan fingerprint density at radius 3 is 2.74 bits per heavy atom. The molecule has 4 nitrogen and oxygen atoms in total. The molecular formula is C14H16N2O2S. The Bertz CT molecular complexity index is 593. The van der Waals surface area contributed by atoms with Crippen molar-refractivity contribution in [2.75, 3.05) is 12.8 Å². The molecule has 0 saturated carbocycles. The van der Waals surface area contributed by atoms with Crippen LogP contribution in [0.2, 0.25) is 0 Å². The van der Waals surface area contributed by atoms with Crippen LogP contribution in [0.25, 0.3) is 0 Å². The highest BCUT2D eigenvalue weighted by atomic mass is 32.1. The normalized spacial score (nSPS) is 10.2. The molecule has 19 heavy (non-hydrogen) atoms. The van der Waals surface area contributed by atoms with Crippen LogP contribution in [0.1, 0.15) is 20.1 Å². The molecular weight excluding hydrogens is 260 g/mol. The van der Waals surface area contributed by atoms with E-state index in [-0.39, 0.29) is 5.91 Å². The monoisotopic (exact) mass is 276 g/mol. The van der Waals surface area contributed by atoms with Crippen molar-refractivity contribution in [3.63, 3.8) is 0 Å². The molecule has 0 fully saturated rings. The van der Waals surface area contributed by atoms with E-state index in [1.165, 1.54) is 4.88 Å². The van der Waals surface area contributed by atoms with Gasteiger partial charge in [-0.05, 0) is 31.2 Å². The quantitative estimate of drug-likeness (QED) is 0.844. The maximum absolute atomic E-state index is 12.0. The van der Waals surface area contributed by atoms with Gasteiger partial charge in [0.1, 0.15) is 5.75 Å². The second-order valence-electron chi connectivity index (χ2n) is 4.15. The second kappa shape index (κ2) is 5.75. The first kappa shape index (κ1) is 13.4. The number of hydrogen-bond donors (Lipinski definition) is 2. The fourth-order valence-corrected chi connectivity index (χ4v) is 2.55. The minimum absolute atomic E-state index is 0.175. The van der Waals surface area contributed by atoms with Crippen LogP contribution in [-0.2, 0) is 6.54 Å². The Balaban J connectivity index is 2.03. The molecule has 1 amide bonds. The lowest BCUT2D eigenvalue weighted by molar-refractivity contribution is 0.0952. The summed E-state index contributed by atoms with van der Waals surface area (Å²) in [5.74, 6) is 0.467. The number of amides is 1. The third kappa shape index (κ3) is 3.26. The van der Waals surface area contributed by atoms with Crippen LogP contribution >= 0.6 is 11.3 Å². The van der Waals surface area contributed by atoms with Gasteiger partial charge in [0.2, 0.25) is 0 Å². The van der Waals surface area contributed by atoms with E-state index in [4.69, 9.17) is 10.5 Å². The smallest absolute Gasteiger partial charge is 0.253 e. The number of thiophene rings is 1. The van der Waals surface area contributed by atoms with Crippen LogP contribution in [0.15, 0.2) is 30.3 Å². The van der Waals surface area contributed by atoms with Gasteiger partial charge in [0.05, 0.1) is 19.2 Å². The van der Waals surface area contributed by atoms with E-state index in [1.54, 1.807) is 36.6 Å². The fourth-order valence-electron chi connectivity index (χ4n) is 1.72. The topological polar surface area (TPSA) is 64.3 Å². The molecule has 0 aliphatic heterocycles. The minimum Gasteiger partial charge on any atom is -0.497 e. The van der Waals surface area contributed by atoms with Crippen molar-refractivity contribution in [1.29, 1.82) is 0 Å². The van der Waals surface area contributed by atoms with Gasteiger partial charge in [-0.2, -0.15) is 0 Å². The molecule has 1 aromatic heterocycles. The molecule has 5 heteroatoms. The van der Waals surface area contributed by atoms with E-state index in [1.807, 2.05) is 19.1 Å². The maximum Gasteiger partial charge on any atom is 0.253 e. The molecule has 0 unspecified atom stereocenters.